The molecule has 1 aliphatic rings. The number of hydrogen-bond donors (Lipinski definition) is 1. The third-order valence-electron chi connectivity index (χ3n) is 4.49. The molecular formula is C19H23N3O. The normalized spacial score (nSPS) is 14.8. The van der Waals surface area contributed by atoms with Crippen LogP contribution in [0.3, 0.4) is 0 Å². The fourth-order valence-corrected chi connectivity index (χ4v) is 3.02. The summed E-state index contributed by atoms with van der Waals surface area (Å²) in [5.41, 5.74) is 4.45. The first kappa shape index (κ1) is 15.7. The first-order valence-electron chi connectivity index (χ1n) is 8.27. The van der Waals surface area contributed by atoms with Gasteiger partial charge in [-0.2, -0.15) is 0 Å². The van der Waals surface area contributed by atoms with Crippen molar-refractivity contribution in [1.29, 1.82) is 0 Å². The van der Waals surface area contributed by atoms with Crippen LogP contribution in [0, 0.1) is 0 Å². The van der Waals surface area contributed by atoms with E-state index in [1.165, 1.54) is 11.1 Å². The average Bonchev–Trinajstić information content (AvgIpc) is 2.82. The molecule has 0 aliphatic carbocycles. The van der Waals surface area contributed by atoms with Crippen molar-refractivity contribution in [2.75, 3.05) is 19.6 Å². The highest BCUT2D eigenvalue weighted by molar-refractivity contribution is 5.94. The highest BCUT2D eigenvalue weighted by Gasteiger charge is 2.15. The summed E-state index contributed by atoms with van der Waals surface area (Å²) in [5, 5.41) is 2.97. The molecule has 0 bridgehead atoms. The number of pyridine rings is 1. The van der Waals surface area contributed by atoms with Crippen LogP contribution in [0.25, 0.3) is 0 Å². The molecule has 4 nitrogen and oxygen atoms in total. The number of fused-ring (bicyclic) bond motifs is 1. The number of nitrogens with zero attached hydrogens (tertiary/aromatic N) is 2. The van der Waals surface area contributed by atoms with E-state index >= 15 is 0 Å². The Morgan fingerprint density at radius 2 is 2.04 bits per heavy atom. The van der Waals surface area contributed by atoms with Gasteiger partial charge in [0.15, 0.2) is 0 Å². The molecule has 1 amide bonds. The van der Waals surface area contributed by atoms with Gasteiger partial charge in [-0.15, -0.1) is 0 Å². The van der Waals surface area contributed by atoms with Gasteiger partial charge < -0.3 is 10.2 Å². The van der Waals surface area contributed by atoms with Gasteiger partial charge in [-0.05, 0) is 54.3 Å². The number of aromatic nitrogens is 1. The van der Waals surface area contributed by atoms with Gasteiger partial charge in [-0.3, -0.25) is 9.78 Å². The number of carbonyl (C=O) groups excluding carboxylic acids is 1. The maximum atomic E-state index is 12.4. The molecule has 0 fully saturated rings. The molecule has 1 aromatic carbocycles. The Morgan fingerprint density at radius 3 is 2.78 bits per heavy atom. The molecule has 0 saturated heterocycles. The van der Waals surface area contributed by atoms with Gasteiger partial charge in [0, 0.05) is 37.6 Å². The van der Waals surface area contributed by atoms with E-state index in [1.54, 1.807) is 12.4 Å². The third-order valence-corrected chi connectivity index (χ3v) is 4.49. The van der Waals surface area contributed by atoms with Crippen LogP contribution in [0.1, 0.15) is 34.0 Å². The van der Waals surface area contributed by atoms with E-state index in [0.29, 0.717) is 6.54 Å². The number of rotatable bonds is 4. The van der Waals surface area contributed by atoms with Gasteiger partial charge in [0.05, 0.1) is 0 Å². The van der Waals surface area contributed by atoms with Gasteiger partial charge >= 0.3 is 0 Å². The number of benzene rings is 1. The molecule has 0 unspecified atom stereocenters. The minimum atomic E-state index is -0.0201. The van der Waals surface area contributed by atoms with Crippen LogP contribution in [-0.4, -0.2) is 35.4 Å². The Hall–Kier alpha value is -2.20. The lowest BCUT2D eigenvalue weighted by Crippen LogP contribution is -2.25. The van der Waals surface area contributed by atoms with Gasteiger partial charge in [0.2, 0.25) is 0 Å². The van der Waals surface area contributed by atoms with Crippen LogP contribution in [0.4, 0.5) is 0 Å². The SMILES string of the molecule is CCN1CCc2ccc(C(=O)NCc3cccnc3)cc2CC1. The number of nitrogens with one attached hydrogen (secondary N) is 1. The standard InChI is InChI=1S/C19H23N3O/c1-2-22-10-7-16-5-6-18(12-17(16)8-11-22)19(23)21-14-15-4-3-9-20-13-15/h3-6,9,12-13H,2,7-8,10-11,14H2,1H3,(H,21,23). The fourth-order valence-electron chi connectivity index (χ4n) is 3.02. The maximum absolute atomic E-state index is 12.4. The Bertz CT molecular complexity index is 670. The monoisotopic (exact) mass is 309 g/mol. The van der Waals surface area contributed by atoms with E-state index in [-0.39, 0.29) is 5.91 Å². The summed E-state index contributed by atoms with van der Waals surface area (Å²) in [6.45, 7) is 5.98. The fraction of sp³-hybridized carbons (Fsp3) is 0.368. The first-order chi connectivity index (χ1) is 11.3. The van der Waals surface area contributed by atoms with Gasteiger partial charge in [-0.1, -0.05) is 19.1 Å². The molecule has 1 aromatic heterocycles. The molecule has 3 rings (SSSR count). The van der Waals surface area contributed by atoms with Crippen molar-refractivity contribution >= 4 is 5.91 Å². The minimum Gasteiger partial charge on any atom is -0.348 e. The Kier molecular flexibility index (Phi) is 5.03. The topological polar surface area (TPSA) is 45.2 Å². The summed E-state index contributed by atoms with van der Waals surface area (Å²) < 4.78 is 0. The Labute approximate surface area is 137 Å². The average molecular weight is 309 g/mol. The quantitative estimate of drug-likeness (QED) is 0.943. The van der Waals surface area contributed by atoms with E-state index in [4.69, 9.17) is 0 Å². The van der Waals surface area contributed by atoms with Crippen LogP contribution in [-0.2, 0) is 19.4 Å². The lowest BCUT2D eigenvalue weighted by Gasteiger charge is -2.16. The van der Waals surface area contributed by atoms with E-state index in [1.807, 2.05) is 18.2 Å². The molecule has 2 heterocycles. The van der Waals surface area contributed by atoms with Crippen molar-refractivity contribution in [2.45, 2.75) is 26.3 Å². The molecule has 4 heteroatoms. The molecule has 0 radical (unpaired) electrons. The largest absolute Gasteiger partial charge is 0.348 e. The lowest BCUT2D eigenvalue weighted by molar-refractivity contribution is 0.0951. The van der Waals surface area contributed by atoms with Crippen LogP contribution >= 0.6 is 0 Å². The summed E-state index contributed by atoms with van der Waals surface area (Å²) in [6, 6.07) is 9.96. The van der Waals surface area contributed by atoms with Crippen molar-refractivity contribution in [3.8, 4) is 0 Å². The zero-order valence-electron chi connectivity index (χ0n) is 13.6. The van der Waals surface area contributed by atoms with Crippen LogP contribution < -0.4 is 5.32 Å². The van der Waals surface area contributed by atoms with E-state index < -0.39 is 0 Å². The molecule has 1 aliphatic heterocycles. The highest BCUT2D eigenvalue weighted by Crippen LogP contribution is 2.18. The number of amides is 1. The third kappa shape index (κ3) is 3.96. The second-order valence-corrected chi connectivity index (χ2v) is 5.96. The summed E-state index contributed by atoms with van der Waals surface area (Å²) in [5.74, 6) is -0.0201. The number of likely N-dealkylation sites (N-methyl/N-ethyl adjacent to an activating group) is 1. The van der Waals surface area contributed by atoms with E-state index in [9.17, 15) is 4.79 Å². The van der Waals surface area contributed by atoms with Crippen molar-refractivity contribution in [3.63, 3.8) is 0 Å². The smallest absolute Gasteiger partial charge is 0.251 e. The maximum Gasteiger partial charge on any atom is 0.251 e. The Morgan fingerprint density at radius 1 is 1.22 bits per heavy atom. The zero-order valence-corrected chi connectivity index (χ0v) is 13.6. The lowest BCUT2D eigenvalue weighted by atomic mass is 10.00. The van der Waals surface area contributed by atoms with Crippen molar-refractivity contribution in [3.05, 3.63) is 65.0 Å². The number of hydrogen-bond acceptors (Lipinski definition) is 3. The van der Waals surface area contributed by atoms with Crippen LogP contribution in [0.2, 0.25) is 0 Å². The Balaban J connectivity index is 1.67. The predicted octanol–water partition coefficient (Wildman–Crippen LogP) is 2.43. The first-order valence-corrected chi connectivity index (χ1v) is 8.27. The summed E-state index contributed by atoms with van der Waals surface area (Å²) in [4.78, 5) is 18.9. The number of carbonyl (C=O) groups is 1. The second kappa shape index (κ2) is 7.38. The molecule has 0 spiro atoms. The highest BCUT2D eigenvalue weighted by atomic mass is 16.1. The van der Waals surface area contributed by atoms with Gasteiger partial charge in [0.1, 0.15) is 0 Å². The van der Waals surface area contributed by atoms with E-state index in [0.717, 1.165) is 43.6 Å². The molecule has 1 N–H and O–H groups in total. The summed E-state index contributed by atoms with van der Waals surface area (Å²) in [7, 11) is 0. The van der Waals surface area contributed by atoms with Crippen molar-refractivity contribution in [2.24, 2.45) is 0 Å². The molecule has 0 saturated carbocycles. The van der Waals surface area contributed by atoms with Gasteiger partial charge in [0.25, 0.3) is 5.91 Å². The molecule has 120 valence electrons. The van der Waals surface area contributed by atoms with Gasteiger partial charge in [-0.25, -0.2) is 0 Å². The summed E-state index contributed by atoms with van der Waals surface area (Å²) >= 11 is 0. The van der Waals surface area contributed by atoms with Crippen LogP contribution in [0.5, 0.6) is 0 Å². The van der Waals surface area contributed by atoms with Crippen molar-refractivity contribution < 1.29 is 4.79 Å². The second-order valence-electron chi connectivity index (χ2n) is 5.96. The summed E-state index contributed by atoms with van der Waals surface area (Å²) in [6.07, 6.45) is 5.60. The minimum absolute atomic E-state index is 0.0201. The van der Waals surface area contributed by atoms with Crippen molar-refractivity contribution in [1.82, 2.24) is 15.2 Å². The molecular weight excluding hydrogens is 286 g/mol. The molecule has 23 heavy (non-hydrogen) atoms. The zero-order chi connectivity index (χ0) is 16.1. The predicted molar refractivity (Wildman–Crippen MR) is 91.4 cm³/mol. The molecule has 2 aromatic rings. The van der Waals surface area contributed by atoms with E-state index in [2.05, 4.69) is 34.3 Å². The molecule has 0 atom stereocenters. The van der Waals surface area contributed by atoms with Crippen LogP contribution in [0.15, 0.2) is 42.7 Å².